The number of hydrogen-bond donors (Lipinski definition) is 0. The standard InChI is InChI=1S/2C4H5BrO2.Zn/c2*5-3-1-2-4(6)7;/h2*1-2H,3H2,(H,6,7);/q;;+2/p-2/b2*2-1+;. The molecule has 0 N–H and O–H groups in total. The molecule has 0 heterocycles. The molecule has 0 saturated carbocycles. The predicted molar refractivity (Wildman–Crippen MR) is 55.9 cm³/mol. The molecule has 0 spiro atoms. The molecule has 0 aliphatic rings. The molecule has 80 valence electrons. The average molecular weight is 393 g/mol. The van der Waals surface area contributed by atoms with Crippen LogP contribution >= 0.6 is 31.9 Å². The summed E-state index contributed by atoms with van der Waals surface area (Å²) >= 11 is 6.00. The number of carbonyl (C=O) groups excluding carboxylic acids is 2. The van der Waals surface area contributed by atoms with Gasteiger partial charge in [-0.3, -0.25) is 0 Å². The van der Waals surface area contributed by atoms with E-state index in [4.69, 9.17) is 0 Å². The Morgan fingerprint density at radius 1 is 0.933 bits per heavy atom. The van der Waals surface area contributed by atoms with Crippen molar-refractivity contribution in [3.05, 3.63) is 24.3 Å². The van der Waals surface area contributed by atoms with E-state index >= 15 is 0 Å². The van der Waals surface area contributed by atoms with Crippen LogP contribution in [0.25, 0.3) is 0 Å². The SMILES string of the molecule is O=C([O-])/C=C/CBr.O=C([O-])/C=C/CBr.[Zn+2]. The van der Waals surface area contributed by atoms with Crippen molar-refractivity contribution < 1.29 is 39.3 Å². The van der Waals surface area contributed by atoms with E-state index in [1.54, 1.807) is 0 Å². The molecule has 0 aromatic carbocycles. The van der Waals surface area contributed by atoms with E-state index in [1.165, 1.54) is 12.2 Å². The van der Waals surface area contributed by atoms with Gasteiger partial charge in [-0.15, -0.1) is 0 Å². The Morgan fingerprint density at radius 3 is 1.27 bits per heavy atom. The first kappa shape index (κ1) is 20.4. The Bertz CT molecular complexity index is 205. The molecule has 7 heteroatoms. The molecule has 0 fully saturated rings. The van der Waals surface area contributed by atoms with Crippen LogP contribution in [0.3, 0.4) is 0 Å². The van der Waals surface area contributed by atoms with Gasteiger partial charge in [-0.1, -0.05) is 44.0 Å². The van der Waals surface area contributed by atoms with Gasteiger partial charge in [0.05, 0.1) is 11.9 Å². The zero-order chi connectivity index (χ0) is 11.4. The molecule has 0 bridgehead atoms. The van der Waals surface area contributed by atoms with Crippen molar-refractivity contribution in [3.8, 4) is 0 Å². The number of aliphatic carboxylic acids is 2. The van der Waals surface area contributed by atoms with Crippen molar-refractivity contribution >= 4 is 43.8 Å². The summed E-state index contributed by atoms with van der Waals surface area (Å²) in [5, 5.41) is 20.2. The Morgan fingerprint density at radius 2 is 1.20 bits per heavy atom. The number of rotatable bonds is 4. The van der Waals surface area contributed by atoms with Crippen LogP contribution < -0.4 is 10.2 Å². The number of allylic oxidation sites excluding steroid dienone is 2. The average Bonchev–Trinajstić information content (AvgIpc) is 2.12. The van der Waals surface area contributed by atoms with E-state index < -0.39 is 11.9 Å². The van der Waals surface area contributed by atoms with Crippen LogP contribution in [0.1, 0.15) is 0 Å². The fourth-order valence-corrected chi connectivity index (χ4v) is 0.655. The van der Waals surface area contributed by atoms with E-state index in [1.807, 2.05) is 0 Å². The van der Waals surface area contributed by atoms with Crippen molar-refractivity contribution in [2.24, 2.45) is 0 Å². The van der Waals surface area contributed by atoms with Crippen LogP contribution in [-0.4, -0.2) is 22.6 Å². The van der Waals surface area contributed by atoms with Crippen LogP contribution in [0.2, 0.25) is 0 Å². The number of hydrogen-bond acceptors (Lipinski definition) is 4. The van der Waals surface area contributed by atoms with E-state index in [-0.39, 0.29) is 19.5 Å². The molecule has 0 rings (SSSR count). The van der Waals surface area contributed by atoms with Crippen LogP contribution in [0.15, 0.2) is 24.3 Å². The fraction of sp³-hybridized carbons (Fsp3) is 0.250. The van der Waals surface area contributed by atoms with Crippen LogP contribution in [-0.2, 0) is 29.1 Å². The molecule has 0 aliphatic heterocycles. The second kappa shape index (κ2) is 16.4. The van der Waals surface area contributed by atoms with Gasteiger partial charge >= 0.3 is 19.5 Å². The van der Waals surface area contributed by atoms with E-state index in [0.29, 0.717) is 10.7 Å². The summed E-state index contributed by atoms with van der Waals surface area (Å²) in [7, 11) is 0. The number of halogens is 2. The molecule has 0 unspecified atom stereocenters. The largest absolute Gasteiger partial charge is 2.00 e. The summed E-state index contributed by atoms with van der Waals surface area (Å²) < 4.78 is 0. The molecular weight excluding hydrogens is 385 g/mol. The monoisotopic (exact) mass is 390 g/mol. The molecule has 0 aromatic heterocycles. The minimum atomic E-state index is -1.15. The fourth-order valence-electron chi connectivity index (χ4n) is 0.282. The zero-order valence-corrected chi connectivity index (χ0v) is 14.0. The summed E-state index contributed by atoms with van der Waals surface area (Å²) in [6.45, 7) is 0. The maximum atomic E-state index is 9.54. The first-order valence-corrected chi connectivity index (χ1v) is 5.65. The maximum absolute atomic E-state index is 9.54. The molecule has 0 atom stereocenters. The summed E-state index contributed by atoms with van der Waals surface area (Å²) in [6, 6.07) is 0. The van der Waals surface area contributed by atoms with Gasteiger partial charge in [0.1, 0.15) is 0 Å². The Kier molecular flexibility index (Phi) is 22.4. The molecular formula is C8H8Br2O4Zn. The number of carbonyl (C=O) groups is 2. The van der Waals surface area contributed by atoms with Gasteiger partial charge < -0.3 is 19.8 Å². The minimum Gasteiger partial charge on any atom is -0.545 e. The molecule has 15 heavy (non-hydrogen) atoms. The number of carboxylic acid groups (broad SMARTS) is 2. The van der Waals surface area contributed by atoms with Gasteiger partial charge in [0, 0.05) is 10.7 Å². The maximum Gasteiger partial charge on any atom is 2.00 e. The first-order valence-electron chi connectivity index (χ1n) is 3.41. The number of alkyl halides is 2. The van der Waals surface area contributed by atoms with Gasteiger partial charge in [-0.2, -0.15) is 0 Å². The van der Waals surface area contributed by atoms with Gasteiger partial charge in [-0.25, -0.2) is 0 Å². The van der Waals surface area contributed by atoms with Crippen LogP contribution in [0.5, 0.6) is 0 Å². The van der Waals surface area contributed by atoms with Crippen molar-refractivity contribution in [3.63, 3.8) is 0 Å². The van der Waals surface area contributed by atoms with Gasteiger partial charge in [-0.05, 0) is 12.2 Å². The van der Waals surface area contributed by atoms with Gasteiger partial charge in [0.25, 0.3) is 0 Å². The van der Waals surface area contributed by atoms with Crippen LogP contribution in [0, 0.1) is 0 Å². The third-order valence-corrected chi connectivity index (χ3v) is 1.43. The van der Waals surface area contributed by atoms with E-state index in [0.717, 1.165) is 12.2 Å². The van der Waals surface area contributed by atoms with E-state index in [2.05, 4.69) is 31.9 Å². The topological polar surface area (TPSA) is 80.3 Å². The quantitative estimate of drug-likeness (QED) is 0.362. The summed E-state index contributed by atoms with van der Waals surface area (Å²) in [4.78, 5) is 19.1. The minimum absolute atomic E-state index is 0. The number of carboxylic acids is 2. The van der Waals surface area contributed by atoms with E-state index in [9.17, 15) is 19.8 Å². The van der Waals surface area contributed by atoms with Crippen molar-refractivity contribution in [2.45, 2.75) is 0 Å². The molecule has 0 aliphatic carbocycles. The van der Waals surface area contributed by atoms with Gasteiger partial charge in [0.2, 0.25) is 0 Å². The summed E-state index contributed by atoms with van der Waals surface area (Å²) in [6.07, 6.45) is 4.87. The summed E-state index contributed by atoms with van der Waals surface area (Å²) in [5.74, 6) is -2.31. The van der Waals surface area contributed by atoms with Crippen molar-refractivity contribution in [2.75, 3.05) is 10.7 Å². The molecule has 0 aromatic rings. The molecule has 4 nitrogen and oxygen atoms in total. The predicted octanol–water partition coefficient (Wildman–Crippen LogP) is -0.628. The van der Waals surface area contributed by atoms with Gasteiger partial charge in [0.15, 0.2) is 0 Å². The molecule has 0 amide bonds. The third-order valence-electron chi connectivity index (χ3n) is 0.686. The van der Waals surface area contributed by atoms with Crippen LogP contribution in [0.4, 0.5) is 0 Å². The second-order valence-corrected chi connectivity index (χ2v) is 3.05. The van der Waals surface area contributed by atoms with Crippen molar-refractivity contribution in [1.82, 2.24) is 0 Å². The van der Waals surface area contributed by atoms with Crippen molar-refractivity contribution in [1.29, 1.82) is 0 Å². The Balaban J connectivity index is -0.000000180. The summed E-state index contributed by atoms with van der Waals surface area (Å²) in [5.41, 5.74) is 0. The second-order valence-electron chi connectivity index (χ2n) is 1.75. The normalized spacial score (nSPS) is 9.20. The Labute approximate surface area is 117 Å². The Hall–Kier alpha value is 0.00338. The third kappa shape index (κ3) is 31.5. The zero-order valence-electron chi connectivity index (χ0n) is 7.82. The smallest absolute Gasteiger partial charge is 0.545 e. The molecule has 0 radical (unpaired) electrons. The first-order chi connectivity index (χ1) is 6.54. The molecule has 0 saturated heterocycles.